The van der Waals surface area contributed by atoms with Crippen molar-refractivity contribution in [1.29, 1.82) is 0 Å². The van der Waals surface area contributed by atoms with Gasteiger partial charge in [0.25, 0.3) is 0 Å². The van der Waals surface area contributed by atoms with Gasteiger partial charge in [-0.1, -0.05) is 31.9 Å². The van der Waals surface area contributed by atoms with Crippen LogP contribution in [-0.4, -0.2) is 17.2 Å². The van der Waals surface area contributed by atoms with Crippen LogP contribution in [0.5, 0.6) is 0 Å². The molecule has 0 saturated carbocycles. The number of carbonyl (C=O) groups excluding carboxylic acids is 1. The van der Waals surface area contributed by atoms with Crippen LogP contribution in [0.2, 0.25) is 0 Å². The Kier molecular flexibility index (Phi) is 3.47. The molecule has 0 aromatic carbocycles. The molecule has 0 radical (unpaired) electrons. The summed E-state index contributed by atoms with van der Waals surface area (Å²) in [6, 6.07) is 1.88. The van der Waals surface area contributed by atoms with Gasteiger partial charge in [-0.3, -0.25) is 4.79 Å². The maximum Gasteiger partial charge on any atom is 0.317 e. The van der Waals surface area contributed by atoms with Crippen LogP contribution in [0.3, 0.4) is 0 Å². The third kappa shape index (κ3) is 1.98. The number of esters is 1. The molecule has 1 saturated heterocycles. The molecule has 4 heteroatoms. The summed E-state index contributed by atoms with van der Waals surface area (Å²) in [4.78, 5) is 13.1. The highest BCUT2D eigenvalue weighted by atomic mass is 16.6. The minimum absolute atomic E-state index is 0.0828. The first-order valence-corrected chi connectivity index (χ1v) is 9.01. The molecule has 1 aliphatic heterocycles. The van der Waals surface area contributed by atoms with Crippen LogP contribution < -0.4 is 0 Å². The fourth-order valence-electron chi connectivity index (χ4n) is 5.20. The van der Waals surface area contributed by atoms with Crippen LogP contribution in [0, 0.1) is 16.7 Å². The number of aliphatic hydroxyl groups is 1. The number of aliphatic hydroxyl groups excluding tert-OH is 1. The Hall–Kier alpha value is -1.55. The van der Waals surface area contributed by atoms with Crippen LogP contribution in [0.25, 0.3) is 0 Å². The molecule has 4 unspecified atom stereocenters. The van der Waals surface area contributed by atoms with Crippen molar-refractivity contribution in [2.75, 3.05) is 0 Å². The van der Waals surface area contributed by atoms with E-state index in [4.69, 9.17) is 9.15 Å². The lowest BCUT2D eigenvalue weighted by Crippen LogP contribution is -2.46. The third-order valence-corrected chi connectivity index (χ3v) is 6.89. The minimum atomic E-state index is -0.521. The minimum Gasteiger partial charge on any atom is -0.472 e. The quantitative estimate of drug-likeness (QED) is 0.620. The van der Waals surface area contributed by atoms with E-state index in [1.54, 1.807) is 12.5 Å². The highest BCUT2D eigenvalue weighted by molar-refractivity contribution is 5.84. The van der Waals surface area contributed by atoms with Crippen molar-refractivity contribution in [2.45, 2.75) is 65.1 Å². The zero-order chi connectivity index (χ0) is 17.1. The predicted molar refractivity (Wildman–Crippen MR) is 89.0 cm³/mol. The van der Waals surface area contributed by atoms with Gasteiger partial charge in [0.2, 0.25) is 0 Å². The highest BCUT2D eigenvalue weighted by Gasteiger charge is 2.59. The number of carbonyl (C=O) groups is 1. The first-order chi connectivity index (χ1) is 11.4. The number of hydrogen-bond acceptors (Lipinski definition) is 4. The number of ether oxygens (including phenoxy) is 1. The normalized spacial score (nSPS) is 38.3. The SMILES string of the molecule is CC1CCC2=C(CCC(O)C2(C)C)C12CC(c1ccoc1)OC2=O. The van der Waals surface area contributed by atoms with E-state index in [0.29, 0.717) is 6.42 Å². The fourth-order valence-corrected chi connectivity index (χ4v) is 5.20. The Morgan fingerprint density at radius 3 is 2.67 bits per heavy atom. The van der Waals surface area contributed by atoms with Crippen molar-refractivity contribution in [2.24, 2.45) is 16.7 Å². The number of hydrogen-bond donors (Lipinski definition) is 1. The van der Waals surface area contributed by atoms with Crippen molar-refractivity contribution < 1.29 is 19.1 Å². The number of cyclic esters (lactones) is 1. The van der Waals surface area contributed by atoms with E-state index < -0.39 is 5.41 Å². The summed E-state index contributed by atoms with van der Waals surface area (Å²) >= 11 is 0. The molecule has 0 bridgehead atoms. The van der Waals surface area contributed by atoms with Gasteiger partial charge in [0.15, 0.2) is 0 Å². The largest absolute Gasteiger partial charge is 0.472 e. The average molecular weight is 330 g/mol. The summed E-state index contributed by atoms with van der Waals surface area (Å²) < 4.78 is 11.0. The summed E-state index contributed by atoms with van der Waals surface area (Å²) in [5.74, 6) is 0.187. The molecule has 1 spiro atoms. The van der Waals surface area contributed by atoms with Crippen LogP contribution in [0.1, 0.15) is 64.5 Å². The first-order valence-electron chi connectivity index (χ1n) is 9.01. The highest BCUT2D eigenvalue weighted by Crippen LogP contribution is 2.61. The smallest absolute Gasteiger partial charge is 0.317 e. The number of furan rings is 1. The zero-order valence-electron chi connectivity index (χ0n) is 14.7. The maximum atomic E-state index is 13.1. The third-order valence-electron chi connectivity index (χ3n) is 6.89. The van der Waals surface area contributed by atoms with Crippen LogP contribution in [-0.2, 0) is 9.53 Å². The van der Waals surface area contributed by atoms with E-state index in [1.165, 1.54) is 11.1 Å². The molecular weight excluding hydrogens is 304 g/mol. The second kappa shape index (κ2) is 5.22. The van der Waals surface area contributed by atoms with E-state index in [0.717, 1.165) is 31.2 Å². The van der Waals surface area contributed by atoms with Crippen LogP contribution >= 0.6 is 0 Å². The van der Waals surface area contributed by atoms with Crippen molar-refractivity contribution in [3.8, 4) is 0 Å². The van der Waals surface area contributed by atoms with Gasteiger partial charge in [0, 0.05) is 17.4 Å². The van der Waals surface area contributed by atoms with E-state index in [-0.39, 0.29) is 29.5 Å². The molecule has 1 fully saturated rings. The first kappa shape index (κ1) is 15.9. The fraction of sp³-hybridized carbons (Fsp3) is 0.650. The molecule has 130 valence electrons. The summed E-state index contributed by atoms with van der Waals surface area (Å²) in [6.45, 7) is 6.41. The Balaban J connectivity index is 1.80. The summed E-state index contributed by atoms with van der Waals surface area (Å²) in [6.07, 6.45) is 6.93. The van der Waals surface area contributed by atoms with Gasteiger partial charge in [0.05, 0.1) is 24.0 Å². The Morgan fingerprint density at radius 2 is 1.96 bits per heavy atom. The Morgan fingerprint density at radius 1 is 1.21 bits per heavy atom. The monoisotopic (exact) mass is 330 g/mol. The lowest BCUT2D eigenvalue weighted by atomic mass is 9.54. The van der Waals surface area contributed by atoms with Crippen molar-refractivity contribution in [1.82, 2.24) is 0 Å². The summed E-state index contributed by atoms with van der Waals surface area (Å²) in [5.41, 5.74) is 2.72. The Bertz CT molecular complexity index is 685. The molecule has 4 rings (SSSR count). The molecule has 4 atom stereocenters. The predicted octanol–water partition coefficient (Wildman–Crippen LogP) is 4.16. The van der Waals surface area contributed by atoms with Crippen molar-refractivity contribution in [3.63, 3.8) is 0 Å². The lowest BCUT2D eigenvalue weighted by molar-refractivity contribution is -0.150. The molecule has 3 aliphatic rings. The van der Waals surface area contributed by atoms with Crippen LogP contribution in [0.15, 0.2) is 34.2 Å². The zero-order valence-corrected chi connectivity index (χ0v) is 14.7. The Labute approximate surface area is 142 Å². The molecule has 2 heterocycles. The van der Waals surface area contributed by atoms with E-state index >= 15 is 0 Å². The second-order valence-electron chi connectivity index (χ2n) is 8.30. The molecule has 1 aromatic rings. The lowest BCUT2D eigenvalue weighted by Gasteiger charge is -2.49. The van der Waals surface area contributed by atoms with Gasteiger partial charge in [-0.25, -0.2) is 0 Å². The van der Waals surface area contributed by atoms with Crippen molar-refractivity contribution >= 4 is 5.97 Å². The van der Waals surface area contributed by atoms with Gasteiger partial charge < -0.3 is 14.3 Å². The van der Waals surface area contributed by atoms with Gasteiger partial charge >= 0.3 is 5.97 Å². The topological polar surface area (TPSA) is 59.7 Å². The van der Waals surface area contributed by atoms with E-state index in [1.807, 2.05) is 6.07 Å². The number of rotatable bonds is 1. The number of fused-ring (bicyclic) bond motifs is 1. The van der Waals surface area contributed by atoms with Gasteiger partial charge in [-0.05, 0) is 37.7 Å². The molecule has 1 aromatic heterocycles. The molecule has 0 amide bonds. The maximum absolute atomic E-state index is 13.1. The molecule has 1 N–H and O–H groups in total. The average Bonchev–Trinajstić information content (AvgIpc) is 3.16. The van der Waals surface area contributed by atoms with Crippen LogP contribution in [0.4, 0.5) is 0 Å². The summed E-state index contributed by atoms with van der Waals surface area (Å²) in [5, 5.41) is 10.5. The molecule has 2 aliphatic carbocycles. The van der Waals surface area contributed by atoms with Crippen molar-refractivity contribution in [3.05, 3.63) is 35.3 Å². The molecule has 24 heavy (non-hydrogen) atoms. The second-order valence-corrected chi connectivity index (χ2v) is 8.30. The molecule has 4 nitrogen and oxygen atoms in total. The summed E-state index contributed by atoms with van der Waals surface area (Å²) in [7, 11) is 0. The van der Waals surface area contributed by atoms with E-state index in [2.05, 4.69) is 20.8 Å². The van der Waals surface area contributed by atoms with Gasteiger partial charge in [-0.15, -0.1) is 0 Å². The molecular formula is C20H26O4. The van der Waals surface area contributed by atoms with Gasteiger partial charge in [-0.2, -0.15) is 0 Å². The van der Waals surface area contributed by atoms with Gasteiger partial charge in [0.1, 0.15) is 6.10 Å². The standard InChI is InChI=1S/C20H26O4/c1-12-4-5-14-15(6-7-17(21)19(14,2)3)20(12)10-16(24-18(20)22)13-8-9-23-11-13/h8-9,11-12,16-17,21H,4-7,10H2,1-3H3. The van der Waals surface area contributed by atoms with E-state index in [9.17, 15) is 9.90 Å².